The third-order valence-electron chi connectivity index (χ3n) is 4.27. The molecule has 2 aromatic rings. The van der Waals surface area contributed by atoms with E-state index in [0.717, 1.165) is 0 Å². The summed E-state index contributed by atoms with van der Waals surface area (Å²) in [7, 11) is 0. The van der Waals surface area contributed by atoms with E-state index in [1.165, 1.54) is 24.3 Å². The lowest BCUT2D eigenvalue weighted by atomic mass is 10.0. The zero-order valence-electron chi connectivity index (χ0n) is 13.5. The molecule has 2 N–H and O–H groups in total. The average Bonchev–Trinajstić information content (AvgIpc) is 2.63. The van der Waals surface area contributed by atoms with Gasteiger partial charge in [0.25, 0.3) is 11.8 Å². The molecule has 130 valence electrons. The van der Waals surface area contributed by atoms with Gasteiger partial charge in [-0.25, -0.2) is 4.39 Å². The van der Waals surface area contributed by atoms with Gasteiger partial charge < -0.3 is 15.2 Å². The minimum Gasteiger partial charge on any atom is -0.352 e. The van der Waals surface area contributed by atoms with Crippen molar-refractivity contribution in [1.29, 1.82) is 0 Å². The summed E-state index contributed by atoms with van der Waals surface area (Å²) in [5.74, 6) is -0.692. The van der Waals surface area contributed by atoms with Gasteiger partial charge in [0.15, 0.2) is 0 Å². The largest absolute Gasteiger partial charge is 0.352 e. The molecule has 5 nitrogen and oxygen atoms in total. The number of nitrogens with one attached hydrogen (secondary N) is 2. The Labute approximate surface area is 149 Å². The smallest absolute Gasteiger partial charge is 0.256 e. The first kappa shape index (κ1) is 17.3. The summed E-state index contributed by atoms with van der Waals surface area (Å²) in [6.45, 7) is 1.10. The standard InChI is InChI=1S/C18H18FN3O2S/c19-13-5-3-12(4-6-13)16(23)21-14-7-10-22(11-8-14)18(24)15-2-1-9-20-17(15)25/h1-6,9,14H,7-8,10-11H2,(H,20,25)(H,21,23). The minimum absolute atomic E-state index is 0.00749. The molecule has 1 aromatic heterocycles. The first-order chi connectivity index (χ1) is 12.0. The molecule has 1 aliphatic heterocycles. The van der Waals surface area contributed by atoms with Gasteiger partial charge in [-0.05, 0) is 49.2 Å². The highest BCUT2D eigenvalue weighted by Crippen LogP contribution is 2.15. The molecule has 0 atom stereocenters. The molecule has 0 spiro atoms. The fraction of sp³-hybridized carbons (Fsp3) is 0.278. The van der Waals surface area contributed by atoms with Crippen LogP contribution in [0.25, 0.3) is 0 Å². The van der Waals surface area contributed by atoms with Gasteiger partial charge in [-0.15, -0.1) is 0 Å². The van der Waals surface area contributed by atoms with Crippen LogP contribution in [0.1, 0.15) is 33.6 Å². The van der Waals surface area contributed by atoms with Crippen molar-refractivity contribution >= 4 is 24.0 Å². The van der Waals surface area contributed by atoms with Crippen molar-refractivity contribution in [3.63, 3.8) is 0 Å². The summed E-state index contributed by atoms with van der Waals surface area (Å²) in [6.07, 6.45) is 3.03. The third-order valence-corrected chi connectivity index (χ3v) is 4.61. The van der Waals surface area contributed by atoms with Crippen molar-refractivity contribution in [3.8, 4) is 0 Å². The molecule has 2 heterocycles. The van der Waals surface area contributed by atoms with Crippen molar-refractivity contribution in [3.05, 3.63) is 64.2 Å². The molecule has 7 heteroatoms. The number of aromatic nitrogens is 1. The molecule has 3 rings (SSSR count). The zero-order chi connectivity index (χ0) is 17.8. The van der Waals surface area contributed by atoms with Crippen LogP contribution in [0.4, 0.5) is 4.39 Å². The molecule has 1 fully saturated rings. The monoisotopic (exact) mass is 359 g/mol. The summed E-state index contributed by atoms with van der Waals surface area (Å²) in [4.78, 5) is 29.3. The summed E-state index contributed by atoms with van der Waals surface area (Å²) >= 11 is 5.15. The van der Waals surface area contributed by atoms with E-state index < -0.39 is 0 Å². The molecule has 0 unspecified atom stereocenters. The van der Waals surface area contributed by atoms with E-state index in [-0.39, 0.29) is 23.7 Å². The average molecular weight is 359 g/mol. The fourth-order valence-electron chi connectivity index (χ4n) is 2.86. The molecule has 0 radical (unpaired) electrons. The number of piperidine rings is 1. The predicted octanol–water partition coefficient (Wildman–Crippen LogP) is 2.92. The van der Waals surface area contributed by atoms with Crippen molar-refractivity contribution < 1.29 is 14.0 Å². The van der Waals surface area contributed by atoms with E-state index >= 15 is 0 Å². The topological polar surface area (TPSA) is 65.2 Å². The second-order valence-corrected chi connectivity index (χ2v) is 6.37. The van der Waals surface area contributed by atoms with Crippen LogP contribution in [0.5, 0.6) is 0 Å². The number of rotatable bonds is 3. The van der Waals surface area contributed by atoms with Crippen molar-refractivity contribution in [2.45, 2.75) is 18.9 Å². The number of hydrogen-bond acceptors (Lipinski definition) is 3. The summed E-state index contributed by atoms with van der Waals surface area (Å²) in [6, 6.07) is 8.90. The molecular weight excluding hydrogens is 341 g/mol. The Morgan fingerprint density at radius 3 is 2.48 bits per heavy atom. The van der Waals surface area contributed by atoms with Gasteiger partial charge in [0.2, 0.25) is 0 Å². The number of halogens is 1. The Hall–Kier alpha value is -2.54. The quantitative estimate of drug-likeness (QED) is 0.828. The van der Waals surface area contributed by atoms with Gasteiger partial charge in [-0.3, -0.25) is 9.59 Å². The number of likely N-dealkylation sites (tertiary alicyclic amines) is 1. The van der Waals surface area contributed by atoms with Gasteiger partial charge in [0.1, 0.15) is 10.5 Å². The molecule has 0 aliphatic carbocycles. The third kappa shape index (κ3) is 4.11. The first-order valence-corrected chi connectivity index (χ1v) is 8.49. The van der Waals surface area contributed by atoms with Crippen molar-refractivity contribution in [2.75, 3.05) is 13.1 Å². The molecule has 1 aromatic carbocycles. The maximum atomic E-state index is 12.9. The van der Waals surface area contributed by atoms with Gasteiger partial charge in [0.05, 0.1) is 5.56 Å². The van der Waals surface area contributed by atoms with Crippen LogP contribution in [-0.4, -0.2) is 40.8 Å². The lowest BCUT2D eigenvalue weighted by Gasteiger charge is -2.32. The van der Waals surface area contributed by atoms with E-state index in [0.29, 0.717) is 41.7 Å². The van der Waals surface area contributed by atoms with Crippen molar-refractivity contribution in [1.82, 2.24) is 15.2 Å². The van der Waals surface area contributed by atoms with Crippen LogP contribution >= 0.6 is 12.2 Å². The van der Waals surface area contributed by atoms with Gasteiger partial charge in [0, 0.05) is 30.9 Å². The Morgan fingerprint density at radius 1 is 1.16 bits per heavy atom. The van der Waals surface area contributed by atoms with E-state index in [2.05, 4.69) is 10.3 Å². The highest BCUT2D eigenvalue weighted by molar-refractivity contribution is 7.71. The lowest BCUT2D eigenvalue weighted by molar-refractivity contribution is 0.0697. The van der Waals surface area contributed by atoms with Gasteiger partial charge in [-0.1, -0.05) is 12.2 Å². The zero-order valence-corrected chi connectivity index (χ0v) is 14.3. The molecule has 25 heavy (non-hydrogen) atoms. The molecular formula is C18H18FN3O2S. The number of amides is 2. The Balaban J connectivity index is 1.56. The van der Waals surface area contributed by atoms with Gasteiger partial charge >= 0.3 is 0 Å². The molecule has 1 saturated heterocycles. The second kappa shape index (κ2) is 7.57. The summed E-state index contributed by atoms with van der Waals surface area (Å²) < 4.78 is 13.3. The van der Waals surface area contributed by atoms with E-state index in [1.54, 1.807) is 23.2 Å². The van der Waals surface area contributed by atoms with Crippen LogP contribution in [0.15, 0.2) is 42.6 Å². The predicted molar refractivity (Wildman–Crippen MR) is 94.4 cm³/mol. The van der Waals surface area contributed by atoms with E-state index in [1.807, 2.05) is 0 Å². The maximum Gasteiger partial charge on any atom is 0.256 e. The number of pyridine rings is 1. The molecule has 0 saturated carbocycles. The number of carbonyl (C=O) groups excluding carboxylic acids is 2. The van der Waals surface area contributed by atoms with E-state index in [9.17, 15) is 14.0 Å². The van der Waals surface area contributed by atoms with Crippen molar-refractivity contribution in [2.24, 2.45) is 0 Å². The Bertz CT molecular complexity index is 827. The highest BCUT2D eigenvalue weighted by Gasteiger charge is 2.25. The van der Waals surface area contributed by atoms with Gasteiger partial charge in [-0.2, -0.15) is 0 Å². The number of nitrogens with zero attached hydrogens (tertiary/aromatic N) is 1. The number of H-pyrrole nitrogens is 1. The fourth-order valence-corrected chi connectivity index (χ4v) is 3.08. The first-order valence-electron chi connectivity index (χ1n) is 8.08. The highest BCUT2D eigenvalue weighted by atomic mass is 32.1. The number of aromatic amines is 1. The summed E-state index contributed by atoms with van der Waals surface area (Å²) in [5, 5.41) is 2.94. The Kier molecular flexibility index (Phi) is 5.23. The Morgan fingerprint density at radius 2 is 1.84 bits per heavy atom. The van der Waals surface area contributed by atoms with Crippen LogP contribution in [-0.2, 0) is 0 Å². The normalized spacial score (nSPS) is 15.0. The molecule has 0 bridgehead atoms. The summed E-state index contributed by atoms with van der Waals surface area (Å²) in [5.41, 5.74) is 0.918. The SMILES string of the molecule is O=C(NC1CCN(C(=O)c2ccc[nH]c2=S)CC1)c1ccc(F)cc1. The van der Waals surface area contributed by atoms with Crippen LogP contribution in [0.3, 0.4) is 0 Å². The lowest BCUT2D eigenvalue weighted by Crippen LogP contribution is -2.46. The second-order valence-electron chi connectivity index (χ2n) is 5.96. The number of hydrogen-bond donors (Lipinski definition) is 2. The maximum absolute atomic E-state index is 12.9. The number of benzene rings is 1. The van der Waals surface area contributed by atoms with Crippen LogP contribution in [0, 0.1) is 10.5 Å². The number of carbonyl (C=O) groups is 2. The van der Waals surface area contributed by atoms with Crippen LogP contribution < -0.4 is 5.32 Å². The van der Waals surface area contributed by atoms with Crippen LogP contribution in [0.2, 0.25) is 0 Å². The molecule has 2 amide bonds. The van der Waals surface area contributed by atoms with E-state index in [4.69, 9.17) is 12.2 Å². The minimum atomic E-state index is -0.373. The molecule has 1 aliphatic rings.